The Morgan fingerprint density at radius 1 is 1.23 bits per heavy atom. The average Bonchev–Trinajstić information content (AvgIpc) is 2.81. The fourth-order valence-electron chi connectivity index (χ4n) is 2.31. The molecule has 0 saturated carbocycles. The van der Waals surface area contributed by atoms with E-state index in [4.69, 9.17) is 19.9 Å². The lowest BCUT2D eigenvalue weighted by atomic mass is 10.0. The summed E-state index contributed by atoms with van der Waals surface area (Å²) < 4.78 is 15.7. The van der Waals surface area contributed by atoms with Crippen molar-refractivity contribution in [1.29, 1.82) is 0 Å². The summed E-state index contributed by atoms with van der Waals surface area (Å²) in [5.74, 6) is 0.818. The number of aryl methyl sites for hydroxylation is 1. The number of anilines is 1. The van der Waals surface area contributed by atoms with Crippen LogP contribution in [0.25, 0.3) is 11.1 Å². The molecule has 0 aliphatic heterocycles. The molecule has 1 heterocycles. The Morgan fingerprint density at radius 2 is 1.91 bits per heavy atom. The number of nitrogen functional groups attached to an aromatic ring is 1. The van der Waals surface area contributed by atoms with Crippen molar-refractivity contribution in [1.82, 2.24) is 0 Å². The highest BCUT2D eigenvalue weighted by molar-refractivity contribution is 7.16. The molecule has 2 rings (SSSR count). The molecule has 1 aromatic carbocycles. The third kappa shape index (κ3) is 2.87. The number of carbonyl (C=O) groups excluding carboxylic acids is 1. The number of esters is 1. The van der Waals surface area contributed by atoms with Crippen molar-refractivity contribution in [3.63, 3.8) is 0 Å². The Balaban J connectivity index is 2.60. The minimum Gasteiger partial charge on any atom is -0.493 e. The number of thiophene rings is 1. The monoisotopic (exact) mass is 321 g/mol. The molecule has 5 nitrogen and oxygen atoms in total. The van der Waals surface area contributed by atoms with E-state index < -0.39 is 5.97 Å². The summed E-state index contributed by atoms with van der Waals surface area (Å²) in [6.45, 7) is 4.00. The summed E-state index contributed by atoms with van der Waals surface area (Å²) in [5, 5.41) is 0.459. The first-order valence-electron chi connectivity index (χ1n) is 6.81. The van der Waals surface area contributed by atoms with E-state index in [1.54, 1.807) is 27.2 Å². The zero-order valence-corrected chi connectivity index (χ0v) is 13.9. The predicted molar refractivity (Wildman–Crippen MR) is 88.0 cm³/mol. The van der Waals surface area contributed by atoms with Crippen LogP contribution in [0.15, 0.2) is 18.2 Å². The van der Waals surface area contributed by atoms with Crippen molar-refractivity contribution in [2.24, 2.45) is 0 Å². The van der Waals surface area contributed by atoms with E-state index >= 15 is 0 Å². The van der Waals surface area contributed by atoms with E-state index in [-0.39, 0.29) is 0 Å². The maximum Gasteiger partial charge on any atom is 0.341 e. The van der Waals surface area contributed by atoms with Crippen LogP contribution in [-0.2, 0) is 4.74 Å². The van der Waals surface area contributed by atoms with Crippen LogP contribution in [0.1, 0.15) is 22.2 Å². The fourth-order valence-corrected chi connectivity index (χ4v) is 3.25. The Hall–Kier alpha value is -2.21. The highest BCUT2D eigenvalue weighted by Gasteiger charge is 2.23. The number of nitrogens with two attached hydrogens (primary N) is 1. The van der Waals surface area contributed by atoms with Crippen LogP contribution in [0.3, 0.4) is 0 Å². The lowest BCUT2D eigenvalue weighted by Gasteiger charge is -2.11. The molecule has 0 aliphatic carbocycles. The van der Waals surface area contributed by atoms with Crippen LogP contribution in [0.5, 0.6) is 11.5 Å². The topological polar surface area (TPSA) is 70.8 Å². The Kier molecular flexibility index (Phi) is 4.92. The van der Waals surface area contributed by atoms with E-state index in [1.807, 2.05) is 19.1 Å². The van der Waals surface area contributed by atoms with Crippen molar-refractivity contribution >= 4 is 22.3 Å². The van der Waals surface area contributed by atoms with Crippen LogP contribution in [0, 0.1) is 6.92 Å². The molecule has 0 bridgehead atoms. The first-order valence-corrected chi connectivity index (χ1v) is 7.63. The van der Waals surface area contributed by atoms with Gasteiger partial charge >= 0.3 is 5.97 Å². The van der Waals surface area contributed by atoms with Gasteiger partial charge in [0.2, 0.25) is 0 Å². The summed E-state index contributed by atoms with van der Waals surface area (Å²) in [7, 11) is 3.15. The molecule has 2 aromatic rings. The second-order valence-corrected chi connectivity index (χ2v) is 5.82. The van der Waals surface area contributed by atoms with Gasteiger partial charge in [-0.05, 0) is 31.5 Å². The highest BCUT2D eigenvalue weighted by Crippen LogP contribution is 2.41. The van der Waals surface area contributed by atoms with Gasteiger partial charge in [-0.1, -0.05) is 6.07 Å². The quantitative estimate of drug-likeness (QED) is 0.853. The maximum absolute atomic E-state index is 12.2. The minimum absolute atomic E-state index is 0.304. The molecule has 0 atom stereocenters. The lowest BCUT2D eigenvalue weighted by molar-refractivity contribution is 0.0529. The predicted octanol–water partition coefficient (Wildman–Crippen LogP) is 3.50. The molecule has 0 amide bonds. The number of rotatable bonds is 5. The summed E-state index contributed by atoms with van der Waals surface area (Å²) in [6, 6.07) is 5.50. The first kappa shape index (κ1) is 16.2. The Labute approximate surface area is 133 Å². The second kappa shape index (κ2) is 6.70. The molecule has 0 spiro atoms. The van der Waals surface area contributed by atoms with Gasteiger partial charge in [-0.25, -0.2) is 4.79 Å². The number of hydrogen-bond acceptors (Lipinski definition) is 6. The van der Waals surface area contributed by atoms with Crippen molar-refractivity contribution in [2.45, 2.75) is 13.8 Å². The molecule has 0 radical (unpaired) electrons. The average molecular weight is 321 g/mol. The lowest BCUT2D eigenvalue weighted by Crippen LogP contribution is -2.07. The van der Waals surface area contributed by atoms with E-state index in [2.05, 4.69) is 0 Å². The van der Waals surface area contributed by atoms with Gasteiger partial charge in [0.05, 0.1) is 20.8 Å². The SMILES string of the molecule is CCOC(=O)c1c(N)sc(C)c1-c1ccc(OC)c(OC)c1. The number of carbonyl (C=O) groups is 1. The van der Waals surface area contributed by atoms with Gasteiger partial charge in [0.15, 0.2) is 11.5 Å². The number of methoxy groups -OCH3 is 2. The smallest absolute Gasteiger partial charge is 0.341 e. The maximum atomic E-state index is 12.2. The molecule has 0 saturated heterocycles. The fraction of sp³-hybridized carbons (Fsp3) is 0.312. The van der Waals surface area contributed by atoms with Gasteiger partial charge < -0.3 is 19.9 Å². The largest absolute Gasteiger partial charge is 0.493 e. The zero-order valence-electron chi connectivity index (χ0n) is 13.1. The molecule has 6 heteroatoms. The number of hydrogen-bond donors (Lipinski definition) is 1. The van der Waals surface area contributed by atoms with Gasteiger partial charge in [0, 0.05) is 10.4 Å². The van der Waals surface area contributed by atoms with E-state index in [0.717, 1.165) is 16.0 Å². The van der Waals surface area contributed by atoms with Crippen LogP contribution < -0.4 is 15.2 Å². The van der Waals surface area contributed by atoms with Gasteiger partial charge in [0.25, 0.3) is 0 Å². The van der Waals surface area contributed by atoms with Gasteiger partial charge in [-0.15, -0.1) is 11.3 Å². The molecule has 2 N–H and O–H groups in total. The van der Waals surface area contributed by atoms with Crippen molar-refractivity contribution in [3.8, 4) is 22.6 Å². The Morgan fingerprint density at radius 3 is 2.50 bits per heavy atom. The molecule has 0 fully saturated rings. The highest BCUT2D eigenvalue weighted by atomic mass is 32.1. The van der Waals surface area contributed by atoms with Crippen LogP contribution in [0.2, 0.25) is 0 Å². The zero-order chi connectivity index (χ0) is 16.3. The van der Waals surface area contributed by atoms with Gasteiger partial charge in [0.1, 0.15) is 10.6 Å². The number of ether oxygens (including phenoxy) is 3. The summed E-state index contributed by atoms with van der Waals surface area (Å²) in [4.78, 5) is 13.2. The molecular formula is C16H19NO4S. The van der Waals surface area contributed by atoms with E-state index in [1.165, 1.54) is 11.3 Å². The second-order valence-electron chi connectivity index (χ2n) is 4.56. The van der Waals surface area contributed by atoms with Crippen molar-refractivity contribution in [2.75, 3.05) is 26.6 Å². The standard InChI is InChI=1S/C16H19NO4S/c1-5-21-16(18)14-13(9(2)22-15(14)17)10-6-7-11(19-3)12(8-10)20-4/h6-8H,5,17H2,1-4H3. The van der Waals surface area contributed by atoms with Crippen molar-refractivity contribution < 1.29 is 19.0 Å². The van der Waals surface area contributed by atoms with Crippen LogP contribution in [0.4, 0.5) is 5.00 Å². The number of benzene rings is 1. The molecule has 0 unspecified atom stereocenters. The van der Waals surface area contributed by atoms with Crippen LogP contribution >= 0.6 is 11.3 Å². The van der Waals surface area contributed by atoms with E-state index in [0.29, 0.717) is 28.7 Å². The molecule has 22 heavy (non-hydrogen) atoms. The molecule has 1 aromatic heterocycles. The van der Waals surface area contributed by atoms with Crippen molar-refractivity contribution in [3.05, 3.63) is 28.6 Å². The molecule has 118 valence electrons. The summed E-state index contributed by atoms with van der Waals surface area (Å²) >= 11 is 1.37. The Bertz CT molecular complexity index is 694. The normalized spacial score (nSPS) is 10.4. The summed E-state index contributed by atoms with van der Waals surface area (Å²) in [5.41, 5.74) is 8.03. The third-order valence-corrected chi connectivity index (χ3v) is 4.20. The third-order valence-electron chi connectivity index (χ3n) is 3.26. The minimum atomic E-state index is -0.408. The van der Waals surface area contributed by atoms with Gasteiger partial charge in [-0.3, -0.25) is 0 Å². The van der Waals surface area contributed by atoms with E-state index in [9.17, 15) is 4.79 Å². The van der Waals surface area contributed by atoms with Gasteiger partial charge in [-0.2, -0.15) is 0 Å². The van der Waals surface area contributed by atoms with Crippen LogP contribution in [-0.4, -0.2) is 26.8 Å². The molecule has 0 aliphatic rings. The summed E-state index contributed by atoms with van der Waals surface area (Å²) in [6.07, 6.45) is 0. The first-order chi connectivity index (χ1) is 10.5. The molecular weight excluding hydrogens is 302 g/mol.